The summed E-state index contributed by atoms with van der Waals surface area (Å²) in [7, 11) is 0. The summed E-state index contributed by atoms with van der Waals surface area (Å²) in [4.78, 5) is 14.6. The average Bonchev–Trinajstić information content (AvgIpc) is 3.25. The zero-order valence-corrected chi connectivity index (χ0v) is 15.9. The molecule has 0 aliphatic carbocycles. The Morgan fingerprint density at radius 2 is 2.03 bits per heavy atom. The lowest BCUT2D eigenvalue weighted by molar-refractivity contribution is -1.27. The Labute approximate surface area is 165 Å². The summed E-state index contributed by atoms with van der Waals surface area (Å²) in [5.41, 5.74) is 0.349. The van der Waals surface area contributed by atoms with E-state index in [9.17, 15) is 31.4 Å². The van der Waals surface area contributed by atoms with Gasteiger partial charge in [-0.1, -0.05) is 5.16 Å². The van der Waals surface area contributed by atoms with Gasteiger partial charge in [0.1, 0.15) is 5.69 Å². The number of quaternary nitrogens is 1. The lowest BCUT2D eigenvalue weighted by atomic mass is 10.0. The van der Waals surface area contributed by atoms with E-state index in [0.29, 0.717) is 29.8 Å². The van der Waals surface area contributed by atoms with Gasteiger partial charge in [0, 0.05) is 24.7 Å². The van der Waals surface area contributed by atoms with Crippen LogP contribution in [0.1, 0.15) is 40.3 Å². The summed E-state index contributed by atoms with van der Waals surface area (Å²) in [5.74, 6) is -1.61. The van der Waals surface area contributed by atoms with Crippen LogP contribution in [0.25, 0.3) is 10.6 Å². The van der Waals surface area contributed by atoms with Crippen molar-refractivity contribution in [3.05, 3.63) is 40.1 Å². The lowest BCUT2D eigenvalue weighted by Crippen LogP contribution is -2.30. The molecule has 1 aliphatic heterocycles. The molecule has 0 unspecified atom stereocenters. The second-order valence-electron chi connectivity index (χ2n) is 6.56. The van der Waals surface area contributed by atoms with Crippen LogP contribution in [0.5, 0.6) is 0 Å². The molecule has 0 aromatic carbocycles. The number of carbonyl (C=O) groups excluding carboxylic acids is 1. The summed E-state index contributed by atoms with van der Waals surface area (Å²) in [5, 5.41) is -0.175. The smallest absolute Gasteiger partial charge is 0.351 e. The first-order valence-electron chi connectivity index (χ1n) is 8.57. The van der Waals surface area contributed by atoms with Gasteiger partial charge in [0.15, 0.2) is 0 Å². The molecule has 0 radical (unpaired) electrons. The van der Waals surface area contributed by atoms with Crippen LogP contribution in [0.2, 0.25) is 0 Å². The maximum absolute atomic E-state index is 12.9. The predicted octanol–water partition coefficient (Wildman–Crippen LogP) is 5.71. The van der Waals surface area contributed by atoms with Crippen molar-refractivity contribution in [2.75, 3.05) is 13.1 Å². The fourth-order valence-electron chi connectivity index (χ4n) is 3.00. The maximum atomic E-state index is 12.9. The summed E-state index contributed by atoms with van der Waals surface area (Å²) in [6, 6.07) is 2.93. The van der Waals surface area contributed by atoms with Crippen molar-refractivity contribution in [3.63, 3.8) is 0 Å². The lowest BCUT2D eigenvalue weighted by Gasteiger charge is -2.24. The monoisotopic (exact) mass is 440 g/mol. The quantitative estimate of drug-likeness (QED) is 0.442. The molecule has 2 aromatic heterocycles. The molecule has 0 N–H and O–H groups in total. The average molecular weight is 440 g/mol. The second-order valence-corrected chi connectivity index (χ2v) is 7.64. The molecule has 158 valence electrons. The van der Waals surface area contributed by atoms with E-state index in [1.807, 2.05) is 0 Å². The molecule has 29 heavy (non-hydrogen) atoms. The van der Waals surface area contributed by atoms with Crippen molar-refractivity contribution in [3.8, 4) is 10.6 Å². The minimum Gasteiger partial charge on any atom is -0.351 e. The Morgan fingerprint density at radius 1 is 1.31 bits per heavy atom. The molecule has 0 saturated heterocycles. The Morgan fingerprint density at radius 3 is 2.66 bits per heavy atom. The molecule has 0 saturated carbocycles. The molecule has 1 amide bonds. The highest BCUT2D eigenvalue weighted by atomic mass is 32.1. The van der Waals surface area contributed by atoms with Crippen LogP contribution >= 0.6 is 11.3 Å². The summed E-state index contributed by atoms with van der Waals surface area (Å²) >= 11 is 0.951. The number of rotatable bonds is 5. The van der Waals surface area contributed by atoms with Crippen molar-refractivity contribution >= 4 is 17.2 Å². The van der Waals surface area contributed by atoms with Gasteiger partial charge in [0.05, 0.1) is 23.2 Å². The third-order valence-corrected chi connectivity index (χ3v) is 5.49. The van der Waals surface area contributed by atoms with Gasteiger partial charge in [-0.05, 0) is 37.5 Å². The molecule has 3 rings (SSSR count). The Balaban J connectivity index is 1.77. The Bertz CT molecular complexity index is 928. The number of amides is 1. The van der Waals surface area contributed by atoms with Crippen molar-refractivity contribution in [2.45, 2.75) is 32.4 Å². The Kier molecular flexibility index (Phi) is 5.77. The molecule has 0 fully saturated rings. The fourth-order valence-corrected chi connectivity index (χ4v) is 4.00. The number of nitrogens with zero attached hydrogens (tertiary/aromatic N) is 3. The van der Waals surface area contributed by atoms with E-state index in [1.165, 1.54) is 30.2 Å². The molecule has 1 aliphatic rings. The summed E-state index contributed by atoms with van der Waals surface area (Å²) < 4.78 is 80.0. The first-order chi connectivity index (χ1) is 13.5. The van der Waals surface area contributed by atoms with Gasteiger partial charge in [0.25, 0.3) is 5.91 Å². The van der Waals surface area contributed by atoms with E-state index in [1.54, 1.807) is 0 Å². The van der Waals surface area contributed by atoms with Crippen LogP contribution in [-0.2, 0) is 6.18 Å². The van der Waals surface area contributed by atoms with Gasteiger partial charge in [-0.25, -0.2) is 0 Å². The largest absolute Gasteiger partial charge is 0.452 e. The van der Waals surface area contributed by atoms with Crippen LogP contribution in [-0.4, -0.2) is 34.2 Å². The zero-order valence-electron chi connectivity index (χ0n) is 15.1. The van der Waals surface area contributed by atoms with E-state index in [2.05, 4.69) is 9.68 Å². The molecule has 2 aromatic rings. The minimum atomic E-state index is -4.67. The highest BCUT2D eigenvalue weighted by molar-refractivity contribution is 7.17. The van der Waals surface area contributed by atoms with Gasteiger partial charge in [-0.2, -0.15) is 13.2 Å². The number of aromatic nitrogens is 1. The molecule has 0 atom stereocenters. The van der Waals surface area contributed by atoms with Gasteiger partial charge >= 0.3 is 6.18 Å². The molecule has 3 heterocycles. The van der Waals surface area contributed by atoms with Crippen molar-refractivity contribution < 1.29 is 41.1 Å². The van der Waals surface area contributed by atoms with Gasteiger partial charge < -0.3 is 9.42 Å². The van der Waals surface area contributed by atoms with Gasteiger partial charge in [-0.3, -0.25) is 4.79 Å². The van der Waals surface area contributed by atoms with Crippen LogP contribution in [0.4, 0.5) is 26.6 Å². The van der Waals surface area contributed by atoms with Crippen LogP contribution < -0.4 is 0 Å². The first-order valence-corrected chi connectivity index (χ1v) is 9.38. The summed E-state index contributed by atoms with van der Waals surface area (Å²) in [6.45, 7) is 0.580. The Hall–Kier alpha value is -2.34. The van der Waals surface area contributed by atoms with E-state index in [4.69, 9.17) is 0 Å². The molecule has 0 bridgehead atoms. The normalized spacial score (nSPS) is 15.6. The van der Waals surface area contributed by atoms with Crippen LogP contribution in [0.15, 0.2) is 28.4 Å². The highest BCUT2D eigenvalue weighted by Gasteiger charge is 2.39. The minimum absolute atomic E-state index is 0.000744. The van der Waals surface area contributed by atoms with Crippen molar-refractivity contribution in [2.24, 2.45) is 0 Å². The van der Waals surface area contributed by atoms with Crippen LogP contribution in [0.3, 0.4) is 0 Å². The number of thiophene rings is 1. The number of halogens is 6. The molecular formula is C17H16F6N3O2S+. The fraction of sp³-hybridized carbons (Fsp3) is 0.412. The number of carbonyl (C=O) groups is 1. The zero-order chi connectivity index (χ0) is 21.4. The van der Waals surface area contributed by atoms with Crippen LogP contribution in [0, 0.1) is 6.92 Å². The van der Waals surface area contributed by atoms with Gasteiger partial charge in [0.2, 0.25) is 17.5 Å². The predicted molar refractivity (Wildman–Crippen MR) is 91.0 cm³/mol. The van der Waals surface area contributed by atoms with Crippen molar-refractivity contribution in [1.82, 2.24) is 10.1 Å². The maximum Gasteiger partial charge on any atom is 0.452 e. The molecule has 12 heteroatoms. The standard InChI is InChI=1S/C17H16F6N3O2S/c1-10-14(24-28-15(10)17(18,19)20)12-4-5-13(29-12)16(27)25-7-2-3-11(9-25)6-8-26(21,22)23/h4-5,9H,2-3,6-8H2,1H3/q+1. The number of hydrogen-bond acceptors (Lipinski definition) is 4. The molecule has 0 spiro atoms. The van der Waals surface area contributed by atoms with E-state index in [-0.39, 0.29) is 22.6 Å². The van der Waals surface area contributed by atoms with E-state index >= 15 is 0 Å². The molecule has 5 nitrogen and oxygen atoms in total. The second kappa shape index (κ2) is 7.82. The topological polar surface area (TPSA) is 46.3 Å². The van der Waals surface area contributed by atoms with E-state index < -0.39 is 29.5 Å². The van der Waals surface area contributed by atoms with Crippen molar-refractivity contribution in [1.29, 1.82) is 0 Å². The highest BCUT2D eigenvalue weighted by Crippen LogP contribution is 2.38. The number of hydrogen-bond donors (Lipinski definition) is 0. The summed E-state index contributed by atoms with van der Waals surface area (Å²) in [6.07, 6.45) is -2.41. The molecular weight excluding hydrogens is 424 g/mol. The third-order valence-electron chi connectivity index (χ3n) is 4.41. The SMILES string of the molecule is Cc1c(-c2ccc(C(=O)N3C=C(CC[N+](F)(F)F)CCC3)s2)noc1C(F)(F)F. The number of alkyl halides is 3. The van der Waals surface area contributed by atoms with E-state index in [0.717, 1.165) is 11.3 Å². The third kappa shape index (κ3) is 4.99. The first kappa shape index (κ1) is 21.4. The van der Waals surface area contributed by atoms with Gasteiger partial charge in [-0.15, -0.1) is 11.3 Å².